The van der Waals surface area contributed by atoms with E-state index in [-0.39, 0.29) is 5.41 Å². The maximum atomic E-state index is 4.43. The molecule has 0 aliphatic heterocycles. The van der Waals surface area contributed by atoms with Gasteiger partial charge >= 0.3 is 0 Å². The van der Waals surface area contributed by atoms with Crippen LogP contribution in [0.25, 0.3) is 11.4 Å². The fourth-order valence-electron chi connectivity index (χ4n) is 1.53. The lowest BCUT2D eigenvalue weighted by atomic mass is 9.97. The Balaban J connectivity index is 2.25. The zero-order valence-corrected chi connectivity index (χ0v) is 11.8. The SMILES string of the molecule is Cc1nc(NCC(C)(C)C)nc(-c2cccnc2)n1. The van der Waals surface area contributed by atoms with E-state index in [2.05, 4.69) is 46.0 Å². The van der Waals surface area contributed by atoms with Crippen LogP contribution >= 0.6 is 0 Å². The molecule has 0 unspecified atom stereocenters. The third-order valence-corrected chi connectivity index (χ3v) is 2.44. The first-order chi connectivity index (χ1) is 8.94. The molecule has 0 saturated carbocycles. The molecule has 19 heavy (non-hydrogen) atoms. The summed E-state index contributed by atoms with van der Waals surface area (Å²) in [6.45, 7) is 9.16. The van der Waals surface area contributed by atoms with Gasteiger partial charge in [0.15, 0.2) is 5.82 Å². The predicted octanol–water partition coefficient (Wildman–Crippen LogP) is 2.70. The van der Waals surface area contributed by atoms with Gasteiger partial charge in [-0.05, 0) is 24.5 Å². The predicted molar refractivity (Wildman–Crippen MR) is 75.7 cm³/mol. The molecular formula is C14H19N5. The Morgan fingerprint density at radius 2 is 1.95 bits per heavy atom. The van der Waals surface area contributed by atoms with Crippen molar-refractivity contribution in [2.24, 2.45) is 5.41 Å². The quantitative estimate of drug-likeness (QED) is 0.916. The Bertz CT molecular complexity index is 546. The molecule has 2 aromatic rings. The van der Waals surface area contributed by atoms with E-state index in [1.165, 1.54) is 0 Å². The van der Waals surface area contributed by atoms with Gasteiger partial charge in [0.25, 0.3) is 0 Å². The number of pyridine rings is 1. The Morgan fingerprint density at radius 1 is 1.16 bits per heavy atom. The van der Waals surface area contributed by atoms with Gasteiger partial charge in [0.1, 0.15) is 5.82 Å². The minimum Gasteiger partial charge on any atom is -0.354 e. The Kier molecular flexibility index (Phi) is 3.74. The van der Waals surface area contributed by atoms with E-state index in [0.29, 0.717) is 17.6 Å². The number of nitrogens with zero attached hydrogens (tertiary/aromatic N) is 4. The van der Waals surface area contributed by atoms with Gasteiger partial charge < -0.3 is 5.32 Å². The highest BCUT2D eigenvalue weighted by molar-refractivity contribution is 5.54. The average molecular weight is 257 g/mol. The highest BCUT2D eigenvalue weighted by atomic mass is 15.2. The summed E-state index contributed by atoms with van der Waals surface area (Å²) >= 11 is 0. The monoisotopic (exact) mass is 257 g/mol. The molecule has 0 bridgehead atoms. The molecule has 100 valence electrons. The number of hydrogen-bond acceptors (Lipinski definition) is 5. The molecule has 2 heterocycles. The molecule has 0 radical (unpaired) electrons. The number of anilines is 1. The fourth-order valence-corrected chi connectivity index (χ4v) is 1.53. The lowest BCUT2D eigenvalue weighted by Crippen LogP contribution is -2.20. The second kappa shape index (κ2) is 5.30. The molecule has 0 fully saturated rings. The van der Waals surface area contributed by atoms with Gasteiger partial charge in [-0.25, -0.2) is 4.98 Å². The van der Waals surface area contributed by atoms with Crippen molar-refractivity contribution in [1.82, 2.24) is 19.9 Å². The van der Waals surface area contributed by atoms with Gasteiger partial charge in [-0.1, -0.05) is 20.8 Å². The first-order valence-corrected chi connectivity index (χ1v) is 6.31. The average Bonchev–Trinajstić information content (AvgIpc) is 2.36. The van der Waals surface area contributed by atoms with Crippen molar-refractivity contribution < 1.29 is 0 Å². The number of aromatic nitrogens is 4. The molecule has 2 aromatic heterocycles. The standard InChI is InChI=1S/C14H19N5/c1-10-17-12(11-6-5-7-15-8-11)19-13(18-10)16-9-14(2,3)4/h5-8H,9H2,1-4H3,(H,16,17,18,19). The molecule has 0 amide bonds. The molecule has 0 aliphatic rings. The highest BCUT2D eigenvalue weighted by Gasteiger charge is 2.12. The second-order valence-corrected chi connectivity index (χ2v) is 5.69. The molecule has 0 saturated heterocycles. The summed E-state index contributed by atoms with van der Waals surface area (Å²) in [5.74, 6) is 1.96. The Hall–Kier alpha value is -2.04. The Morgan fingerprint density at radius 3 is 2.58 bits per heavy atom. The van der Waals surface area contributed by atoms with E-state index < -0.39 is 0 Å². The maximum Gasteiger partial charge on any atom is 0.226 e. The molecule has 5 nitrogen and oxygen atoms in total. The van der Waals surface area contributed by atoms with E-state index in [4.69, 9.17) is 0 Å². The normalized spacial score (nSPS) is 11.4. The molecule has 5 heteroatoms. The number of hydrogen-bond donors (Lipinski definition) is 1. The zero-order valence-electron chi connectivity index (χ0n) is 11.8. The van der Waals surface area contributed by atoms with Crippen LogP contribution in [0.5, 0.6) is 0 Å². The van der Waals surface area contributed by atoms with Crippen LogP contribution in [0.2, 0.25) is 0 Å². The molecular weight excluding hydrogens is 238 g/mol. The van der Waals surface area contributed by atoms with Crippen LogP contribution in [0.15, 0.2) is 24.5 Å². The van der Waals surface area contributed by atoms with Crippen LogP contribution in [-0.4, -0.2) is 26.5 Å². The molecule has 0 aromatic carbocycles. The summed E-state index contributed by atoms with van der Waals surface area (Å²) in [5, 5.41) is 3.25. The van der Waals surface area contributed by atoms with Crippen molar-refractivity contribution in [2.45, 2.75) is 27.7 Å². The molecule has 0 atom stereocenters. The fraction of sp³-hybridized carbons (Fsp3) is 0.429. The zero-order chi connectivity index (χ0) is 13.9. The van der Waals surface area contributed by atoms with Crippen LogP contribution in [0.1, 0.15) is 26.6 Å². The van der Waals surface area contributed by atoms with Crippen molar-refractivity contribution in [3.8, 4) is 11.4 Å². The first-order valence-electron chi connectivity index (χ1n) is 6.31. The second-order valence-electron chi connectivity index (χ2n) is 5.69. The smallest absolute Gasteiger partial charge is 0.226 e. The van der Waals surface area contributed by atoms with Gasteiger partial charge in [0.2, 0.25) is 5.95 Å². The highest BCUT2D eigenvalue weighted by Crippen LogP contribution is 2.16. The van der Waals surface area contributed by atoms with Crippen molar-refractivity contribution in [3.05, 3.63) is 30.4 Å². The van der Waals surface area contributed by atoms with Crippen LogP contribution < -0.4 is 5.32 Å². The van der Waals surface area contributed by atoms with Crippen molar-refractivity contribution >= 4 is 5.95 Å². The van der Waals surface area contributed by atoms with Crippen LogP contribution in [0.3, 0.4) is 0 Å². The van der Waals surface area contributed by atoms with Crippen molar-refractivity contribution in [2.75, 3.05) is 11.9 Å². The van der Waals surface area contributed by atoms with Gasteiger partial charge in [0, 0.05) is 24.5 Å². The molecule has 0 spiro atoms. The van der Waals surface area contributed by atoms with Crippen LogP contribution in [0, 0.1) is 12.3 Å². The lowest BCUT2D eigenvalue weighted by Gasteiger charge is -2.18. The van der Waals surface area contributed by atoms with Gasteiger partial charge in [-0.15, -0.1) is 0 Å². The summed E-state index contributed by atoms with van der Waals surface area (Å²) in [5.41, 5.74) is 1.07. The number of rotatable bonds is 3. The number of nitrogens with one attached hydrogen (secondary N) is 1. The minimum absolute atomic E-state index is 0.176. The van der Waals surface area contributed by atoms with Gasteiger partial charge in [-0.3, -0.25) is 4.98 Å². The van der Waals surface area contributed by atoms with E-state index >= 15 is 0 Å². The largest absolute Gasteiger partial charge is 0.354 e. The lowest BCUT2D eigenvalue weighted by molar-refractivity contribution is 0.441. The topological polar surface area (TPSA) is 63.6 Å². The molecule has 0 aliphatic carbocycles. The number of aryl methyl sites for hydroxylation is 1. The van der Waals surface area contributed by atoms with Gasteiger partial charge in [0.05, 0.1) is 0 Å². The Labute approximate surface area is 113 Å². The third kappa shape index (κ3) is 3.98. The third-order valence-electron chi connectivity index (χ3n) is 2.44. The van der Waals surface area contributed by atoms with Crippen LogP contribution in [0.4, 0.5) is 5.95 Å². The van der Waals surface area contributed by atoms with Gasteiger partial charge in [-0.2, -0.15) is 9.97 Å². The summed E-state index contributed by atoms with van der Waals surface area (Å²) in [6.07, 6.45) is 3.48. The van der Waals surface area contributed by atoms with Crippen LogP contribution in [-0.2, 0) is 0 Å². The van der Waals surface area contributed by atoms with E-state index in [0.717, 1.165) is 12.1 Å². The minimum atomic E-state index is 0.176. The molecule has 1 N–H and O–H groups in total. The maximum absolute atomic E-state index is 4.43. The summed E-state index contributed by atoms with van der Waals surface area (Å²) in [6, 6.07) is 3.81. The summed E-state index contributed by atoms with van der Waals surface area (Å²) in [7, 11) is 0. The van der Waals surface area contributed by atoms with Crippen molar-refractivity contribution in [1.29, 1.82) is 0 Å². The molecule has 2 rings (SSSR count). The summed E-state index contributed by atoms with van der Waals surface area (Å²) in [4.78, 5) is 17.2. The van der Waals surface area contributed by atoms with E-state index in [9.17, 15) is 0 Å². The summed E-state index contributed by atoms with van der Waals surface area (Å²) < 4.78 is 0. The van der Waals surface area contributed by atoms with E-state index in [1.807, 2.05) is 19.1 Å². The first kappa shape index (κ1) is 13.4. The van der Waals surface area contributed by atoms with E-state index in [1.54, 1.807) is 12.4 Å². The van der Waals surface area contributed by atoms with Crippen molar-refractivity contribution in [3.63, 3.8) is 0 Å².